The average molecular weight is 266 g/mol. The van der Waals surface area contributed by atoms with Gasteiger partial charge in [0.2, 0.25) is 0 Å². The largest absolute Gasteiger partial charge is 1.00 e. The van der Waals surface area contributed by atoms with Gasteiger partial charge in [-0.15, -0.1) is 4.40 Å². The van der Waals surface area contributed by atoms with E-state index in [2.05, 4.69) is 14.7 Å². The fourth-order valence-electron chi connectivity index (χ4n) is 1.21. The third-order valence-corrected chi connectivity index (χ3v) is 3.15. The summed E-state index contributed by atoms with van der Waals surface area (Å²) >= 11 is 0. The van der Waals surface area contributed by atoms with E-state index in [1.807, 2.05) is 0 Å². The van der Waals surface area contributed by atoms with E-state index in [0.717, 1.165) is 0 Å². The molecule has 7 nitrogen and oxygen atoms in total. The summed E-state index contributed by atoms with van der Waals surface area (Å²) in [7, 11) is -3.73. The van der Waals surface area contributed by atoms with Crippen LogP contribution in [0.3, 0.4) is 0 Å². The molecular weight excluding hydrogens is 257 g/mol. The van der Waals surface area contributed by atoms with Crippen molar-refractivity contribution in [3.8, 4) is 0 Å². The molecule has 0 radical (unpaired) electrons. The molecule has 0 amide bonds. The molecule has 0 saturated carbocycles. The van der Waals surface area contributed by atoms with Crippen LogP contribution in [0.2, 0.25) is 0 Å². The summed E-state index contributed by atoms with van der Waals surface area (Å²) in [6.45, 7) is 0. The Morgan fingerprint density at radius 3 is 2.76 bits per heavy atom. The minimum Gasteiger partial charge on any atom is -0.541 e. The van der Waals surface area contributed by atoms with E-state index < -0.39 is 10.0 Å². The standard InChI is InChI=1S/C8H6N3O3S.Na.H2O/c12-4-2-8-10-6-1-3-9-5-7(6)15(13,14)11-8;;/h1,3,5H,2H2,(H,10,11);;1H2/q-1;+1;/p+1. The van der Waals surface area contributed by atoms with E-state index >= 15 is 0 Å². The van der Waals surface area contributed by atoms with Gasteiger partial charge in [-0.05, 0) is 6.07 Å². The number of aromatic nitrogens is 1. The van der Waals surface area contributed by atoms with Gasteiger partial charge < -0.3 is 15.6 Å². The predicted octanol–water partition coefficient (Wildman–Crippen LogP) is -3.82. The molecule has 1 aromatic heterocycles. The first-order chi connectivity index (χ1) is 7.13. The van der Waals surface area contributed by atoms with E-state index in [1.165, 1.54) is 18.5 Å². The zero-order chi connectivity index (χ0) is 10.9. The maximum absolute atomic E-state index is 11.6. The number of rotatable bonds is 2. The third kappa shape index (κ3) is 3.33. The van der Waals surface area contributed by atoms with Crippen LogP contribution in [-0.4, -0.2) is 25.5 Å². The van der Waals surface area contributed by atoms with Crippen molar-refractivity contribution in [1.29, 1.82) is 0 Å². The summed E-state index contributed by atoms with van der Waals surface area (Å²) in [4.78, 5) is 13.9. The maximum atomic E-state index is 11.6. The van der Waals surface area contributed by atoms with Crippen molar-refractivity contribution in [2.45, 2.75) is 11.3 Å². The SMILES string of the molecule is O=[C-]CC1=NS(=O)(=O)c2cnccc2N1.[Na+].[OH3+]. The summed E-state index contributed by atoms with van der Waals surface area (Å²) in [5.74, 6) is 0.0729. The van der Waals surface area contributed by atoms with Gasteiger partial charge in [-0.2, -0.15) is 8.42 Å². The van der Waals surface area contributed by atoms with Crippen LogP contribution >= 0.6 is 0 Å². The van der Waals surface area contributed by atoms with Crippen molar-refractivity contribution in [1.82, 2.24) is 4.98 Å². The molecule has 1 aliphatic heterocycles. The average Bonchev–Trinajstić information content (AvgIpc) is 2.17. The van der Waals surface area contributed by atoms with Crippen molar-refractivity contribution in [3.63, 3.8) is 0 Å². The summed E-state index contributed by atoms with van der Waals surface area (Å²) in [6.07, 6.45) is 4.07. The minimum atomic E-state index is -3.73. The Kier molecular flexibility index (Phi) is 5.93. The summed E-state index contributed by atoms with van der Waals surface area (Å²) in [6, 6.07) is 1.51. The van der Waals surface area contributed by atoms with Gasteiger partial charge in [-0.3, -0.25) is 11.3 Å². The predicted molar refractivity (Wildman–Crippen MR) is 57.7 cm³/mol. The number of anilines is 1. The summed E-state index contributed by atoms with van der Waals surface area (Å²) in [5, 5.41) is 2.72. The molecule has 0 atom stereocenters. The number of sulfonamides is 1. The van der Waals surface area contributed by atoms with Gasteiger partial charge in [0.25, 0.3) is 10.0 Å². The summed E-state index contributed by atoms with van der Waals surface area (Å²) in [5.41, 5.74) is 0.380. The number of amidine groups is 1. The quantitative estimate of drug-likeness (QED) is 0.334. The van der Waals surface area contributed by atoms with Crippen LogP contribution in [0.15, 0.2) is 27.8 Å². The zero-order valence-electron chi connectivity index (χ0n) is 9.04. The Hall–Kier alpha value is -0.800. The zero-order valence-corrected chi connectivity index (χ0v) is 11.9. The number of pyridine rings is 1. The van der Waals surface area contributed by atoms with Crippen LogP contribution in [0.5, 0.6) is 0 Å². The fraction of sp³-hybridized carbons (Fsp3) is 0.125. The van der Waals surface area contributed by atoms with Gasteiger partial charge in [0, 0.05) is 12.4 Å². The van der Waals surface area contributed by atoms with Crippen LogP contribution in [0.1, 0.15) is 6.42 Å². The minimum absolute atomic E-state index is 0. The smallest absolute Gasteiger partial charge is 0.541 e. The molecule has 0 unspecified atom stereocenters. The Labute approximate surface area is 120 Å². The maximum Gasteiger partial charge on any atom is 1.00 e. The van der Waals surface area contributed by atoms with E-state index in [1.54, 1.807) is 6.29 Å². The van der Waals surface area contributed by atoms with Gasteiger partial charge in [0.1, 0.15) is 4.90 Å². The normalized spacial score (nSPS) is 15.2. The van der Waals surface area contributed by atoms with E-state index in [-0.39, 0.29) is 52.2 Å². The van der Waals surface area contributed by atoms with Crippen molar-refractivity contribution in [2.24, 2.45) is 4.40 Å². The van der Waals surface area contributed by atoms with Crippen LogP contribution < -0.4 is 34.9 Å². The second-order valence-corrected chi connectivity index (χ2v) is 4.40. The number of hydrogen-bond donors (Lipinski definition) is 1. The molecule has 2 heterocycles. The van der Waals surface area contributed by atoms with E-state index in [9.17, 15) is 13.2 Å². The molecule has 1 aliphatic rings. The van der Waals surface area contributed by atoms with Gasteiger partial charge in [-0.25, -0.2) is 0 Å². The Morgan fingerprint density at radius 1 is 1.41 bits per heavy atom. The number of carbonyl (C=O) groups excluding carboxylic acids is 1. The molecular formula is C8H9N3NaO4S+. The fourth-order valence-corrected chi connectivity index (χ4v) is 2.30. The van der Waals surface area contributed by atoms with E-state index in [4.69, 9.17) is 0 Å². The van der Waals surface area contributed by atoms with Gasteiger partial charge in [0.05, 0.1) is 11.5 Å². The number of nitrogens with one attached hydrogen (secondary N) is 1. The topological polar surface area (TPSA) is 121 Å². The van der Waals surface area contributed by atoms with Crippen molar-refractivity contribution in [3.05, 3.63) is 18.5 Å². The molecule has 17 heavy (non-hydrogen) atoms. The Bertz CT molecular complexity index is 543. The van der Waals surface area contributed by atoms with Gasteiger partial charge in [-0.1, -0.05) is 6.42 Å². The van der Waals surface area contributed by atoms with Gasteiger partial charge >= 0.3 is 29.6 Å². The van der Waals surface area contributed by atoms with Gasteiger partial charge in [0.15, 0.2) is 0 Å². The Morgan fingerprint density at radius 2 is 2.12 bits per heavy atom. The molecule has 0 aliphatic carbocycles. The van der Waals surface area contributed by atoms with Crippen LogP contribution in [0, 0.1) is 0 Å². The molecule has 86 valence electrons. The first-order valence-electron chi connectivity index (χ1n) is 4.03. The molecule has 0 bridgehead atoms. The van der Waals surface area contributed by atoms with Crippen molar-refractivity contribution < 1.29 is 48.2 Å². The first kappa shape index (κ1) is 16.2. The molecule has 4 N–H and O–H groups in total. The van der Waals surface area contributed by atoms with Crippen molar-refractivity contribution >= 4 is 27.8 Å². The van der Waals surface area contributed by atoms with Crippen LogP contribution in [0.25, 0.3) is 0 Å². The number of hydrogen-bond acceptors (Lipinski definition) is 5. The van der Waals surface area contributed by atoms with E-state index in [0.29, 0.717) is 5.69 Å². The molecule has 1 aromatic rings. The Balaban J connectivity index is 0.00000128. The van der Waals surface area contributed by atoms with Crippen molar-refractivity contribution in [2.75, 3.05) is 5.32 Å². The van der Waals surface area contributed by atoms with Crippen LogP contribution in [-0.2, 0) is 20.3 Å². The second kappa shape index (κ2) is 6.22. The molecule has 0 fully saturated rings. The molecule has 2 rings (SSSR count). The number of fused-ring (bicyclic) bond motifs is 1. The third-order valence-electron chi connectivity index (χ3n) is 1.81. The second-order valence-electron chi connectivity index (χ2n) is 2.83. The molecule has 9 heteroatoms. The molecule has 0 spiro atoms. The monoisotopic (exact) mass is 266 g/mol. The summed E-state index contributed by atoms with van der Waals surface area (Å²) < 4.78 is 26.5. The molecule has 0 saturated heterocycles. The van der Waals surface area contributed by atoms with Crippen LogP contribution in [0.4, 0.5) is 5.69 Å². The molecule has 0 aromatic carbocycles. The first-order valence-corrected chi connectivity index (χ1v) is 5.47. The number of nitrogens with zero attached hydrogens (tertiary/aromatic N) is 2.